The predicted octanol–water partition coefficient (Wildman–Crippen LogP) is 1.18. The Kier molecular flexibility index (Phi) is 1.33. The van der Waals surface area contributed by atoms with Gasteiger partial charge in [0.15, 0.2) is 0 Å². The molecule has 2 aromatic rings. The summed E-state index contributed by atoms with van der Waals surface area (Å²) in [6.07, 6.45) is 0. The lowest BCUT2D eigenvalue weighted by Gasteiger charge is -1.91. The highest BCUT2D eigenvalue weighted by Gasteiger charge is 2.03. The number of nitrogens with one attached hydrogen (secondary N) is 1. The minimum absolute atomic E-state index is 0.0358. The molecule has 1 aromatic carbocycles. The molecule has 0 amide bonds. The van der Waals surface area contributed by atoms with Crippen molar-refractivity contribution < 1.29 is 0 Å². The summed E-state index contributed by atoms with van der Waals surface area (Å²) >= 11 is 0. The third-order valence-electron chi connectivity index (χ3n) is 2.09. The molecular weight excluding hydrogens is 152 g/mol. The van der Waals surface area contributed by atoms with Crippen LogP contribution in [0.1, 0.15) is 5.56 Å². The molecule has 0 aliphatic rings. The van der Waals surface area contributed by atoms with Crippen molar-refractivity contribution in [1.29, 1.82) is 0 Å². The van der Waals surface area contributed by atoms with Gasteiger partial charge in [-0.2, -0.15) is 0 Å². The summed E-state index contributed by atoms with van der Waals surface area (Å²) in [7, 11) is 1.72. The third kappa shape index (κ3) is 0.794. The van der Waals surface area contributed by atoms with Crippen molar-refractivity contribution in [1.82, 2.24) is 9.78 Å². The van der Waals surface area contributed by atoms with E-state index < -0.39 is 0 Å². The molecule has 1 heterocycles. The van der Waals surface area contributed by atoms with Gasteiger partial charge < -0.3 is 0 Å². The Balaban J connectivity index is 3.05. The van der Waals surface area contributed by atoms with Gasteiger partial charge in [-0.25, -0.2) is 0 Å². The van der Waals surface area contributed by atoms with Crippen LogP contribution in [-0.4, -0.2) is 9.78 Å². The van der Waals surface area contributed by atoms with Crippen LogP contribution in [0.5, 0.6) is 0 Å². The lowest BCUT2D eigenvalue weighted by molar-refractivity contribution is 0.750. The van der Waals surface area contributed by atoms with Crippen LogP contribution < -0.4 is 5.56 Å². The molecule has 0 unspecified atom stereocenters. The monoisotopic (exact) mass is 162 g/mol. The number of aryl methyl sites for hydroxylation is 2. The number of hydrogen-bond donors (Lipinski definition) is 1. The van der Waals surface area contributed by atoms with Crippen molar-refractivity contribution in [2.24, 2.45) is 7.05 Å². The number of benzene rings is 1. The molecule has 0 radical (unpaired) electrons. The summed E-state index contributed by atoms with van der Waals surface area (Å²) in [6, 6.07) is 5.71. The Labute approximate surface area is 69.6 Å². The van der Waals surface area contributed by atoms with Crippen LogP contribution in [0, 0.1) is 6.92 Å². The zero-order valence-electron chi connectivity index (χ0n) is 7.09. The highest BCUT2D eigenvalue weighted by Crippen LogP contribution is 2.11. The molecule has 2 rings (SSSR count). The van der Waals surface area contributed by atoms with Crippen LogP contribution in [-0.2, 0) is 7.05 Å². The number of aromatic nitrogens is 2. The van der Waals surface area contributed by atoms with Crippen molar-refractivity contribution in [3.05, 3.63) is 34.1 Å². The Bertz CT molecular complexity index is 479. The molecule has 0 bridgehead atoms. The van der Waals surface area contributed by atoms with E-state index in [-0.39, 0.29) is 5.56 Å². The zero-order chi connectivity index (χ0) is 8.72. The lowest BCUT2D eigenvalue weighted by Crippen LogP contribution is -2.10. The number of fused-ring (bicyclic) bond motifs is 1. The molecule has 0 spiro atoms. The lowest BCUT2D eigenvalue weighted by atomic mass is 10.2. The third-order valence-corrected chi connectivity index (χ3v) is 2.09. The second kappa shape index (κ2) is 2.24. The number of aromatic amines is 1. The Morgan fingerprint density at radius 1 is 1.42 bits per heavy atom. The minimum Gasteiger partial charge on any atom is -0.295 e. The van der Waals surface area contributed by atoms with Gasteiger partial charge in [0.2, 0.25) is 0 Å². The minimum atomic E-state index is 0.0358. The first-order valence-electron chi connectivity index (χ1n) is 3.84. The SMILES string of the molecule is Cc1cccc2c(=O)n(C)[nH]c12. The summed E-state index contributed by atoms with van der Waals surface area (Å²) < 4.78 is 1.50. The van der Waals surface area contributed by atoms with Crippen LogP contribution in [0.3, 0.4) is 0 Å². The molecular formula is C9H10N2O. The second-order valence-electron chi connectivity index (χ2n) is 2.97. The van der Waals surface area contributed by atoms with Crippen molar-refractivity contribution in [3.63, 3.8) is 0 Å². The molecule has 0 atom stereocenters. The van der Waals surface area contributed by atoms with Crippen molar-refractivity contribution >= 4 is 10.9 Å². The summed E-state index contributed by atoms with van der Waals surface area (Å²) in [5.74, 6) is 0. The van der Waals surface area contributed by atoms with Crippen LogP contribution in [0.4, 0.5) is 0 Å². The maximum Gasteiger partial charge on any atom is 0.274 e. The van der Waals surface area contributed by atoms with E-state index in [1.54, 1.807) is 7.05 Å². The smallest absolute Gasteiger partial charge is 0.274 e. The summed E-state index contributed by atoms with van der Waals surface area (Å²) in [5, 5.41) is 3.76. The van der Waals surface area contributed by atoms with E-state index >= 15 is 0 Å². The second-order valence-corrected chi connectivity index (χ2v) is 2.97. The molecule has 3 heteroatoms. The van der Waals surface area contributed by atoms with Gasteiger partial charge in [-0.05, 0) is 18.6 Å². The van der Waals surface area contributed by atoms with Gasteiger partial charge in [-0.3, -0.25) is 14.6 Å². The fourth-order valence-corrected chi connectivity index (χ4v) is 1.39. The number of nitrogens with zero attached hydrogens (tertiary/aromatic N) is 1. The zero-order valence-corrected chi connectivity index (χ0v) is 7.09. The van der Waals surface area contributed by atoms with Crippen LogP contribution >= 0.6 is 0 Å². The first-order valence-corrected chi connectivity index (χ1v) is 3.84. The van der Waals surface area contributed by atoms with Gasteiger partial charge in [0.1, 0.15) is 0 Å². The molecule has 0 aliphatic heterocycles. The molecule has 1 aromatic heterocycles. The van der Waals surface area contributed by atoms with Crippen LogP contribution in [0.15, 0.2) is 23.0 Å². The predicted molar refractivity (Wildman–Crippen MR) is 48.3 cm³/mol. The van der Waals surface area contributed by atoms with E-state index in [0.29, 0.717) is 0 Å². The number of para-hydroxylation sites is 1. The number of hydrogen-bond acceptors (Lipinski definition) is 1. The van der Waals surface area contributed by atoms with Crippen LogP contribution in [0.2, 0.25) is 0 Å². The Morgan fingerprint density at radius 3 is 2.83 bits per heavy atom. The molecule has 12 heavy (non-hydrogen) atoms. The van der Waals surface area contributed by atoms with Crippen LogP contribution in [0.25, 0.3) is 10.9 Å². The molecule has 0 aliphatic carbocycles. The average molecular weight is 162 g/mol. The Morgan fingerprint density at radius 2 is 2.17 bits per heavy atom. The average Bonchev–Trinajstić information content (AvgIpc) is 2.32. The summed E-state index contributed by atoms with van der Waals surface area (Å²) in [5.41, 5.74) is 2.07. The van der Waals surface area contributed by atoms with Crippen molar-refractivity contribution in [2.45, 2.75) is 6.92 Å². The van der Waals surface area contributed by atoms with Gasteiger partial charge in [-0.15, -0.1) is 0 Å². The maximum atomic E-state index is 11.4. The number of H-pyrrole nitrogens is 1. The van der Waals surface area contributed by atoms with E-state index in [4.69, 9.17) is 0 Å². The number of rotatable bonds is 0. The summed E-state index contributed by atoms with van der Waals surface area (Å²) in [4.78, 5) is 11.4. The first-order chi connectivity index (χ1) is 5.70. The van der Waals surface area contributed by atoms with E-state index in [0.717, 1.165) is 16.5 Å². The largest absolute Gasteiger partial charge is 0.295 e. The quantitative estimate of drug-likeness (QED) is 0.620. The van der Waals surface area contributed by atoms with E-state index in [9.17, 15) is 4.79 Å². The molecule has 1 N–H and O–H groups in total. The normalized spacial score (nSPS) is 10.8. The van der Waals surface area contributed by atoms with E-state index in [1.165, 1.54) is 4.68 Å². The van der Waals surface area contributed by atoms with Crippen molar-refractivity contribution in [2.75, 3.05) is 0 Å². The van der Waals surface area contributed by atoms with E-state index in [1.807, 2.05) is 25.1 Å². The highest BCUT2D eigenvalue weighted by atomic mass is 16.1. The molecule has 0 saturated heterocycles. The summed E-state index contributed by atoms with van der Waals surface area (Å²) in [6.45, 7) is 1.98. The van der Waals surface area contributed by atoms with Gasteiger partial charge in [0, 0.05) is 7.05 Å². The first kappa shape index (κ1) is 7.16. The molecule has 0 fully saturated rings. The van der Waals surface area contributed by atoms with Crippen molar-refractivity contribution in [3.8, 4) is 0 Å². The van der Waals surface area contributed by atoms with Gasteiger partial charge >= 0.3 is 0 Å². The van der Waals surface area contributed by atoms with Gasteiger partial charge in [-0.1, -0.05) is 12.1 Å². The van der Waals surface area contributed by atoms with E-state index in [2.05, 4.69) is 5.10 Å². The van der Waals surface area contributed by atoms with Gasteiger partial charge in [0.25, 0.3) is 5.56 Å². The Hall–Kier alpha value is -1.51. The topological polar surface area (TPSA) is 37.8 Å². The maximum absolute atomic E-state index is 11.4. The molecule has 0 saturated carbocycles. The fourth-order valence-electron chi connectivity index (χ4n) is 1.39. The molecule has 3 nitrogen and oxygen atoms in total. The standard InChI is InChI=1S/C9H10N2O/c1-6-4-3-5-7-8(6)10-11(2)9(7)12/h3-5,10H,1-2H3. The highest BCUT2D eigenvalue weighted by molar-refractivity contribution is 5.80. The van der Waals surface area contributed by atoms with Gasteiger partial charge in [0.05, 0.1) is 10.9 Å². The molecule has 62 valence electrons. The fraction of sp³-hybridized carbons (Fsp3) is 0.222.